The molecule has 4 rings (SSSR count). The summed E-state index contributed by atoms with van der Waals surface area (Å²) in [7, 11) is 0. The second-order valence-corrected chi connectivity index (χ2v) is 8.52. The van der Waals surface area contributed by atoms with E-state index in [1.54, 1.807) is 11.8 Å². The lowest BCUT2D eigenvalue weighted by Crippen LogP contribution is -2.31. The van der Waals surface area contributed by atoms with Gasteiger partial charge in [-0.15, -0.1) is 13.2 Å². The van der Waals surface area contributed by atoms with Gasteiger partial charge in [-0.05, 0) is 30.2 Å². The quantitative estimate of drug-likeness (QED) is 0.440. The summed E-state index contributed by atoms with van der Waals surface area (Å²) in [5.41, 5.74) is 2.17. The fourth-order valence-corrected chi connectivity index (χ4v) is 4.57. The summed E-state index contributed by atoms with van der Waals surface area (Å²) >= 11 is 1.20. The lowest BCUT2D eigenvalue weighted by Gasteiger charge is -2.17. The van der Waals surface area contributed by atoms with Crippen LogP contribution in [-0.4, -0.2) is 41.2 Å². The van der Waals surface area contributed by atoms with E-state index in [0.29, 0.717) is 34.4 Å². The summed E-state index contributed by atoms with van der Waals surface area (Å²) in [4.78, 5) is 33.7. The Morgan fingerprint density at radius 2 is 1.76 bits per heavy atom. The lowest BCUT2D eigenvalue weighted by molar-refractivity contribution is -0.274. The first-order chi connectivity index (χ1) is 15.7. The van der Waals surface area contributed by atoms with Crippen LogP contribution in [0.2, 0.25) is 0 Å². The van der Waals surface area contributed by atoms with Gasteiger partial charge in [0.25, 0.3) is 0 Å². The van der Waals surface area contributed by atoms with Crippen LogP contribution in [0, 0.1) is 6.92 Å². The van der Waals surface area contributed by atoms with Crippen LogP contribution in [0.5, 0.6) is 5.75 Å². The van der Waals surface area contributed by atoms with Gasteiger partial charge >= 0.3 is 12.4 Å². The predicted octanol–water partition coefficient (Wildman–Crippen LogP) is 5.22. The second kappa shape index (κ2) is 9.22. The molecular formula is C23H20F3N3O3S. The first kappa shape index (κ1) is 22.8. The highest BCUT2D eigenvalue weighted by atomic mass is 32.1. The van der Waals surface area contributed by atoms with Gasteiger partial charge in [-0.2, -0.15) is 0 Å². The normalized spacial score (nSPS) is 14.1. The summed E-state index contributed by atoms with van der Waals surface area (Å²) in [6.45, 7) is 2.84. The average Bonchev–Trinajstić information content (AvgIpc) is 3.32. The number of rotatable bonds is 7. The number of carbonyl (C=O) groups is 2. The van der Waals surface area contributed by atoms with Crippen molar-refractivity contribution in [2.45, 2.75) is 26.3 Å². The molecule has 1 aliphatic heterocycles. The number of ketones is 1. The van der Waals surface area contributed by atoms with Crippen molar-refractivity contribution in [1.82, 2.24) is 9.88 Å². The maximum atomic E-state index is 12.9. The SMILES string of the molecule is Cc1nc(N2CCN(Cc3ccc(OC(F)(F)F)cc3)C2=O)sc1C(=O)Cc1ccccc1. The minimum Gasteiger partial charge on any atom is -0.406 e. The molecule has 0 N–H and O–H groups in total. The highest BCUT2D eigenvalue weighted by Crippen LogP contribution is 2.30. The number of halogens is 3. The number of aromatic nitrogens is 1. The third-order valence-electron chi connectivity index (χ3n) is 5.10. The molecule has 0 bridgehead atoms. The fourth-order valence-electron chi connectivity index (χ4n) is 3.54. The molecule has 10 heteroatoms. The van der Waals surface area contributed by atoms with Crippen molar-refractivity contribution in [3.05, 3.63) is 76.3 Å². The van der Waals surface area contributed by atoms with Crippen LogP contribution >= 0.6 is 11.3 Å². The van der Waals surface area contributed by atoms with Crippen LogP contribution in [-0.2, 0) is 13.0 Å². The number of urea groups is 1. The van der Waals surface area contributed by atoms with Gasteiger partial charge in [0.05, 0.1) is 10.6 Å². The van der Waals surface area contributed by atoms with Crippen LogP contribution < -0.4 is 9.64 Å². The topological polar surface area (TPSA) is 62.7 Å². The molecule has 2 heterocycles. The van der Waals surface area contributed by atoms with Gasteiger partial charge in [-0.3, -0.25) is 9.69 Å². The molecule has 1 saturated heterocycles. The Kier molecular flexibility index (Phi) is 6.37. The minimum absolute atomic E-state index is 0.0490. The molecule has 172 valence electrons. The zero-order chi connectivity index (χ0) is 23.6. The summed E-state index contributed by atoms with van der Waals surface area (Å²) in [6.07, 6.45) is -4.49. The zero-order valence-corrected chi connectivity index (χ0v) is 18.4. The number of anilines is 1. The second-order valence-electron chi connectivity index (χ2n) is 7.54. The molecule has 2 aromatic carbocycles. The van der Waals surface area contributed by atoms with E-state index in [-0.39, 0.29) is 30.5 Å². The first-order valence-corrected chi connectivity index (χ1v) is 11.0. The Labute approximate surface area is 192 Å². The maximum absolute atomic E-state index is 12.9. The molecule has 0 saturated carbocycles. The van der Waals surface area contributed by atoms with E-state index in [1.165, 1.54) is 40.5 Å². The van der Waals surface area contributed by atoms with E-state index in [9.17, 15) is 22.8 Å². The summed E-state index contributed by atoms with van der Waals surface area (Å²) in [5.74, 6) is -0.362. The van der Waals surface area contributed by atoms with Crippen LogP contribution in [0.1, 0.15) is 26.5 Å². The molecule has 33 heavy (non-hydrogen) atoms. The van der Waals surface area contributed by atoms with Gasteiger partial charge < -0.3 is 9.64 Å². The van der Waals surface area contributed by atoms with Crippen molar-refractivity contribution in [1.29, 1.82) is 0 Å². The van der Waals surface area contributed by atoms with Crippen molar-refractivity contribution in [3.63, 3.8) is 0 Å². The molecule has 2 amide bonds. The summed E-state index contributed by atoms with van der Waals surface area (Å²) in [6, 6.07) is 14.6. The highest BCUT2D eigenvalue weighted by molar-refractivity contribution is 7.17. The molecule has 0 unspecified atom stereocenters. The number of Topliss-reactive ketones (excluding diaryl/α,β-unsaturated/α-hetero) is 1. The molecule has 1 aromatic heterocycles. The van der Waals surface area contributed by atoms with E-state index >= 15 is 0 Å². The zero-order valence-electron chi connectivity index (χ0n) is 17.6. The standard InChI is InChI=1S/C23H20F3N3O3S/c1-15-20(19(30)13-16-5-3-2-4-6-16)33-21(27-15)29-12-11-28(22(29)31)14-17-7-9-18(10-8-17)32-23(24,25)26/h2-10H,11-14H2,1H3. The molecular weight excluding hydrogens is 455 g/mol. The number of carbonyl (C=O) groups excluding carboxylic acids is 2. The fraction of sp³-hybridized carbons (Fsp3) is 0.261. The number of amides is 2. The van der Waals surface area contributed by atoms with Crippen molar-refractivity contribution in [3.8, 4) is 5.75 Å². The summed E-state index contributed by atoms with van der Waals surface area (Å²) in [5, 5.41) is 0.463. The Bertz CT molecular complexity index is 1150. The van der Waals surface area contributed by atoms with Gasteiger partial charge in [0, 0.05) is 26.1 Å². The Balaban J connectivity index is 1.41. The third-order valence-corrected chi connectivity index (χ3v) is 6.32. The highest BCUT2D eigenvalue weighted by Gasteiger charge is 2.33. The van der Waals surface area contributed by atoms with Gasteiger partial charge in [0.1, 0.15) is 5.75 Å². The van der Waals surface area contributed by atoms with Crippen LogP contribution in [0.25, 0.3) is 0 Å². The van der Waals surface area contributed by atoms with Gasteiger partial charge in [-0.1, -0.05) is 53.8 Å². The monoisotopic (exact) mass is 475 g/mol. The number of aryl methyl sites for hydroxylation is 1. The van der Waals surface area contributed by atoms with Crippen molar-refractivity contribution >= 4 is 28.3 Å². The number of thiazole rings is 1. The van der Waals surface area contributed by atoms with E-state index in [4.69, 9.17) is 0 Å². The van der Waals surface area contributed by atoms with E-state index in [1.807, 2.05) is 30.3 Å². The molecule has 0 atom stereocenters. The number of nitrogens with zero attached hydrogens (tertiary/aromatic N) is 3. The van der Waals surface area contributed by atoms with E-state index < -0.39 is 6.36 Å². The summed E-state index contributed by atoms with van der Waals surface area (Å²) < 4.78 is 40.8. The van der Waals surface area contributed by atoms with Gasteiger partial charge in [0.15, 0.2) is 10.9 Å². The average molecular weight is 475 g/mol. The van der Waals surface area contributed by atoms with Crippen molar-refractivity contribution in [2.24, 2.45) is 0 Å². The number of hydrogen-bond donors (Lipinski definition) is 0. The Morgan fingerprint density at radius 3 is 2.42 bits per heavy atom. The van der Waals surface area contributed by atoms with Crippen molar-refractivity contribution < 1.29 is 27.5 Å². The number of hydrogen-bond acceptors (Lipinski definition) is 5. The molecule has 0 radical (unpaired) electrons. The molecule has 3 aromatic rings. The molecule has 1 aliphatic rings. The van der Waals surface area contributed by atoms with Crippen LogP contribution in [0.3, 0.4) is 0 Å². The third kappa shape index (κ3) is 5.51. The first-order valence-electron chi connectivity index (χ1n) is 10.2. The molecule has 1 fully saturated rings. The van der Waals surface area contributed by atoms with Crippen LogP contribution in [0.15, 0.2) is 54.6 Å². The van der Waals surface area contributed by atoms with Crippen LogP contribution in [0.4, 0.5) is 23.1 Å². The Hall–Kier alpha value is -3.40. The largest absolute Gasteiger partial charge is 0.573 e. The molecule has 6 nitrogen and oxygen atoms in total. The van der Waals surface area contributed by atoms with Crippen molar-refractivity contribution in [2.75, 3.05) is 18.0 Å². The predicted molar refractivity (Wildman–Crippen MR) is 118 cm³/mol. The minimum atomic E-state index is -4.75. The number of ether oxygens (including phenoxy) is 1. The van der Waals surface area contributed by atoms with Gasteiger partial charge in [-0.25, -0.2) is 9.78 Å². The maximum Gasteiger partial charge on any atom is 0.573 e. The van der Waals surface area contributed by atoms with E-state index in [0.717, 1.165) is 5.56 Å². The van der Waals surface area contributed by atoms with Gasteiger partial charge in [0.2, 0.25) is 0 Å². The Morgan fingerprint density at radius 1 is 1.06 bits per heavy atom. The van der Waals surface area contributed by atoms with E-state index in [2.05, 4.69) is 9.72 Å². The lowest BCUT2D eigenvalue weighted by atomic mass is 10.1. The molecule has 0 spiro atoms. The number of benzene rings is 2. The smallest absolute Gasteiger partial charge is 0.406 e. The molecule has 0 aliphatic carbocycles. The number of alkyl halides is 3.